The second kappa shape index (κ2) is 9.46. The molecular weight excluding hydrogens is 431 g/mol. The molecule has 1 aliphatic heterocycles. The number of amides is 1. The maximum Gasteiger partial charge on any atom is 0.264 e. The average Bonchev–Trinajstić information content (AvgIpc) is 2.80. The summed E-state index contributed by atoms with van der Waals surface area (Å²) in [5.41, 5.74) is 1.87. The Morgan fingerprint density at radius 1 is 0.969 bits per heavy atom. The van der Waals surface area contributed by atoms with Gasteiger partial charge < -0.3 is 4.90 Å². The minimum atomic E-state index is -4.06. The Morgan fingerprint density at radius 2 is 1.69 bits per heavy atom. The van der Waals surface area contributed by atoms with E-state index in [1.807, 2.05) is 18.3 Å². The van der Waals surface area contributed by atoms with Crippen molar-refractivity contribution in [2.75, 3.05) is 30.9 Å². The van der Waals surface area contributed by atoms with E-state index in [2.05, 4.69) is 14.6 Å². The molecule has 1 aromatic heterocycles. The monoisotopic (exact) mass is 454 g/mol. The lowest BCUT2D eigenvalue weighted by Gasteiger charge is -2.34. The molecule has 1 fully saturated rings. The van der Waals surface area contributed by atoms with Crippen LogP contribution in [0.5, 0.6) is 0 Å². The van der Waals surface area contributed by atoms with Gasteiger partial charge in [0, 0.05) is 56.4 Å². The number of halogens is 1. The van der Waals surface area contributed by atoms with Crippen LogP contribution < -0.4 is 4.72 Å². The second-order valence-electron chi connectivity index (χ2n) is 7.54. The molecule has 0 spiro atoms. The van der Waals surface area contributed by atoms with E-state index in [-0.39, 0.29) is 11.6 Å². The van der Waals surface area contributed by atoms with Crippen LogP contribution >= 0.6 is 0 Å². The van der Waals surface area contributed by atoms with Crippen molar-refractivity contribution in [3.05, 3.63) is 90.0 Å². The topological polar surface area (TPSA) is 82.6 Å². The number of nitrogens with zero attached hydrogens (tertiary/aromatic N) is 3. The molecule has 2 heterocycles. The first-order valence-electron chi connectivity index (χ1n) is 10.2. The first-order chi connectivity index (χ1) is 15.4. The Balaban J connectivity index is 1.35. The lowest BCUT2D eigenvalue weighted by molar-refractivity contribution is 0.0628. The number of pyridine rings is 1. The van der Waals surface area contributed by atoms with E-state index in [0.717, 1.165) is 31.3 Å². The number of carbonyl (C=O) groups excluding carboxylic acids is 1. The molecule has 4 rings (SSSR count). The van der Waals surface area contributed by atoms with Crippen molar-refractivity contribution in [3.63, 3.8) is 0 Å². The second-order valence-corrected chi connectivity index (χ2v) is 9.19. The van der Waals surface area contributed by atoms with E-state index in [0.29, 0.717) is 18.7 Å². The first-order valence-corrected chi connectivity index (χ1v) is 11.7. The number of benzene rings is 2. The van der Waals surface area contributed by atoms with Crippen LogP contribution in [0.15, 0.2) is 78.0 Å². The summed E-state index contributed by atoms with van der Waals surface area (Å²) >= 11 is 0. The molecule has 0 radical (unpaired) electrons. The maximum atomic E-state index is 13.8. The number of hydrogen-bond donors (Lipinski definition) is 1. The number of sulfonamides is 1. The smallest absolute Gasteiger partial charge is 0.264 e. The molecule has 0 bridgehead atoms. The number of nitrogens with one attached hydrogen (secondary N) is 1. The van der Waals surface area contributed by atoms with Gasteiger partial charge in [0.1, 0.15) is 10.7 Å². The number of piperazine rings is 1. The third-order valence-corrected chi connectivity index (χ3v) is 6.71. The third kappa shape index (κ3) is 5.12. The molecule has 1 saturated heterocycles. The number of aromatic nitrogens is 1. The van der Waals surface area contributed by atoms with Gasteiger partial charge in [-0.05, 0) is 48.0 Å². The highest BCUT2D eigenvalue weighted by Crippen LogP contribution is 2.20. The van der Waals surface area contributed by atoms with Crippen LogP contribution in [0.1, 0.15) is 15.9 Å². The van der Waals surface area contributed by atoms with Crippen LogP contribution in [0.2, 0.25) is 0 Å². The Morgan fingerprint density at radius 3 is 2.34 bits per heavy atom. The molecule has 2 aromatic carbocycles. The predicted molar refractivity (Wildman–Crippen MR) is 119 cm³/mol. The lowest BCUT2D eigenvalue weighted by Crippen LogP contribution is -2.48. The fourth-order valence-corrected chi connectivity index (χ4v) is 4.73. The zero-order valence-electron chi connectivity index (χ0n) is 17.3. The largest absolute Gasteiger partial charge is 0.336 e. The minimum absolute atomic E-state index is 0.102. The summed E-state index contributed by atoms with van der Waals surface area (Å²) in [4.78, 5) is 20.6. The van der Waals surface area contributed by atoms with Crippen LogP contribution in [-0.4, -0.2) is 55.3 Å². The SMILES string of the molecule is O=C(c1ccc(NS(=O)(=O)c2ccccc2F)cc1)N1CCN(Cc2cccnc2)CC1. The Hall–Kier alpha value is -3.30. The van der Waals surface area contributed by atoms with Gasteiger partial charge in [0.15, 0.2) is 0 Å². The molecule has 7 nitrogen and oxygen atoms in total. The fraction of sp³-hybridized carbons (Fsp3) is 0.217. The zero-order chi connectivity index (χ0) is 22.6. The Kier molecular flexibility index (Phi) is 6.48. The molecule has 1 N–H and O–H groups in total. The van der Waals surface area contributed by atoms with Gasteiger partial charge in [-0.2, -0.15) is 0 Å². The molecule has 0 unspecified atom stereocenters. The van der Waals surface area contributed by atoms with Crippen molar-refractivity contribution in [3.8, 4) is 0 Å². The van der Waals surface area contributed by atoms with Gasteiger partial charge in [-0.25, -0.2) is 12.8 Å². The summed E-state index contributed by atoms with van der Waals surface area (Å²) in [6.07, 6.45) is 3.59. The number of anilines is 1. The van der Waals surface area contributed by atoms with Gasteiger partial charge in [-0.3, -0.25) is 19.4 Å². The molecule has 1 aliphatic rings. The summed E-state index contributed by atoms with van der Waals surface area (Å²) in [6, 6.07) is 15.3. The predicted octanol–water partition coefficient (Wildman–Crippen LogP) is 2.98. The zero-order valence-corrected chi connectivity index (χ0v) is 18.1. The van der Waals surface area contributed by atoms with Gasteiger partial charge in [0.2, 0.25) is 0 Å². The van der Waals surface area contributed by atoms with Crippen molar-refractivity contribution < 1.29 is 17.6 Å². The highest BCUT2D eigenvalue weighted by molar-refractivity contribution is 7.92. The van der Waals surface area contributed by atoms with Crippen molar-refractivity contribution >= 4 is 21.6 Å². The van der Waals surface area contributed by atoms with Crippen LogP contribution in [0.3, 0.4) is 0 Å². The van der Waals surface area contributed by atoms with Gasteiger partial charge in [0.05, 0.1) is 0 Å². The molecule has 0 saturated carbocycles. The van der Waals surface area contributed by atoms with E-state index < -0.39 is 20.7 Å². The molecular formula is C23H23FN4O3S. The molecule has 1 amide bonds. The average molecular weight is 455 g/mol. The minimum Gasteiger partial charge on any atom is -0.336 e. The van der Waals surface area contributed by atoms with Crippen molar-refractivity contribution in [1.82, 2.24) is 14.8 Å². The van der Waals surface area contributed by atoms with E-state index in [9.17, 15) is 17.6 Å². The Bertz CT molecular complexity index is 1180. The summed E-state index contributed by atoms with van der Waals surface area (Å²) in [6.45, 7) is 3.55. The molecule has 0 atom stereocenters. The number of carbonyl (C=O) groups is 1. The van der Waals surface area contributed by atoms with E-state index >= 15 is 0 Å². The van der Waals surface area contributed by atoms with E-state index in [1.165, 1.54) is 30.3 Å². The van der Waals surface area contributed by atoms with Crippen LogP contribution in [-0.2, 0) is 16.6 Å². The third-order valence-electron chi connectivity index (χ3n) is 5.30. The Labute approximate surface area is 186 Å². The van der Waals surface area contributed by atoms with Crippen LogP contribution in [0, 0.1) is 5.82 Å². The van der Waals surface area contributed by atoms with Gasteiger partial charge in [-0.1, -0.05) is 18.2 Å². The summed E-state index contributed by atoms with van der Waals surface area (Å²) in [7, 11) is -4.06. The van der Waals surface area contributed by atoms with Crippen molar-refractivity contribution in [1.29, 1.82) is 0 Å². The van der Waals surface area contributed by atoms with E-state index in [1.54, 1.807) is 23.2 Å². The molecule has 0 aliphatic carbocycles. The highest BCUT2D eigenvalue weighted by Gasteiger charge is 2.23. The van der Waals surface area contributed by atoms with Crippen molar-refractivity contribution in [2.24, 2.45) is 0 Å². The normalized spacial score (nSPS) is 14.8. The summed E-state index contributed by atoms with van der Waals surface area (Å²) < 4.78 is 41.0. The van der Waals surface area contributed by atoms with Gasteiger partial charge in [0.25, 0.3) is 15.9 Å². The highest BCUT2D eigenvalue weighted by atomic mass is 32.2. The van der Waals surface area contributed by atoms with Crippen LogP contribution in [0.25, 0.3) is 0 Å². The standard InChI is InChI=1S/C23H23FN4O3S/c24-21-5-1-2-6-22(21)32(30,31)26-20-9-7-19(8-10-20)23(29)28-14-12-27(13-15-28)17-18-4-3-11-25-16-18/h1-11,16,26H,12-15,17H2. The molecule has 3 aromatic rings. The van der Waals surface area contributed by atoms with Crippen molar-refractivity contribution in [2.45, 2.75) is 11.4 Å². The summed E-state index contributed by atoms with van der Waals surface area (Å²) in [5.74, 6) is -0.927. The molecule has 32 heavy (non-hydrogen) atoms. The van der Waals surface area contributed by atoms with Gasteiger partial charge in [-0.15, -0.1) is 0 Å². The molecule has 166 valence electrons. The number of rotatable bonds is 6. The van der Waals surface area contributed by atoms with Gasteiger partial charge >= 0.3 is 0 Å². The van der Waals surface area contributed by atoms with E-state index in [4.69, 9.17) is 0 Å². The summed E-state index contributed by atoms with van der Waals surface area (Å²) in [5, 5.41) is 0. The maximum absolute atomic E-state index is 13.8. The first kappa shape index (κ1) is 21.9. The fourth-order valence-electron chi connectivity index (χ4n) is 3.60. The van der Waals surface area contributed by atoms with Crippen LogP contribution in [0.4, 0.5) is 10.1 Å². The number of hydrogen-bond acceptors (Lipinski definition) is 5. The lowest BCUT2D eigenvalue weighted by atomic mass is 10.1. The quantitative estimate of drug-likeness (QED) is 0.619. The molecule has 9 heteroatoms.